The molecule has 2 aromatic carbocycles. The lowest BCUT2D eigenvalue weighted by Gasteiger charge is -2.18. The number of aryl methyl sites for hydroxylation is 2. The van der Waals surface area contributed by atoms with Gasteiger partial charge in [0.2, 0.25) is 0 Å². The molecule has 0 saturated heterocycles. The van der Waals surface area contributed by atoms with Gasteiger partial charge in [-0.25, -0.2) is 0 Å². The minimum atomic E-state index is -0.000437. The van der Waals surface area contributed by atoms with Crippen molar-refractivity contribution < 1.29 is 4.79 Å². The van der Waals surface area contributed by atoms with Crippen LogP contribution in [-0.2, 0) is 5.41 Å². The molecule has 0 radical (unpaired) electrons. The summed E-state index contributed by atoms with van der Waals surface area (Å²) in [5, 5.41) is 3.89. The number of hydrogen-bond donors (Lipinski definition) is 1. The van der Waals surface area contributed by atoms with Gasteiger partial charge in [-0.15, -0.1) is 0 Å². The lowest BCUT2D eigenvalue weighted by molar-refractivity contribution is 0.0949. The summed E-state index contributed by atoms with van der Waals surface area (Å²) in [7, 11) is 0. The normalized spacial score (nSPS) is 15.4. The maximum absolute atomic E-state index is 12.5. The van der Waals surface area contributed by atoms with Crippen LogP contribution >= 0.6 is 11.6 Å². The van der Waals surface area contributed by atoms with E-state index in [1.54, 1.807) is 0 Å². The Labute approximate surface area is 136 Å². The number of amides is 1. The minimum Gasteiger partial charge on any atom is -0.351 e. The van der Waals surface area contributed by atoms with Crippen LogP contribution in [0.15, 0.2) is 42.5 Å². The van der Waals surface area contributed by atoms with Gasteiger partial charge in [-0.3, -0.25) is 4.79 Å². The first-order valence-electron chi connectivity index (χ1n) is 7.62. The largest absolute Gasteiger partial charge is 0.351 e. The van der Waals surface area contributed by atoms with Crippen molar-refractivity contribution in [3.05, 3.63) is 69.7 Å². The number of nitrogens with one attached hydrogen (secondary N) is 1. The van der Waals surface area contributed by atoms with Crippen LogP contribution in [0.5, 0.6) is 0 Å². The molecule has 0 bridgehead atoms. The third kappa shape index (κ3) is 2.89. The highest BCUT2D eigenvalue weighted by Crippen LogP contribution is 2.49. The SMILES string of the molecule is Cc1ccc(C)c(C(=O)NCC2(c3ccccc3Cl)CC2)c1. The fourth-order valence-electron chi connectivity index (χ4n) is 2.91. The van der Waals surface area contributed by atoms with E-state index in [0.717, 1.165) is 40.1 Å². The molecular weight excluding hydrogens is 294 g/mol. The second-order valence-electron chi connectivity index (χ2n) is 6.26. The minimum absolute atomic E-state index is 0.000437. The Kier molecular flexibility index (Phi) is 3.96. The van der Waals surface area contributed by atoms with Crippen LogP contribution in [0.4, 0.5) is 0 Å². The second kappa shape index (κ2) is 5.77. The predicted octanol–water partition coefficient (Wildman–Crippen LogP) is 4.42. The van der Waals surface area contributed by atoms with E-state index >= 15 is 0 Å². The molecule has 1 N–H and O–H groups in total. The van der Waals surface area contributed by atoms with E-state index in [9.17, 15) is 4.79 Å². The fourth-order valence-corrected chi connectivity index (χ4v) is 3.24. The fraction of sp³-hybridized carbons (Fsp3) is 0.316. The summed E-state index contributed by atoms with van der Waals surface area (Å²) >= 11 is 6.31. The average Bonchev–Trinajstić information content (AvgIpc) is 3.29. The molecule has 1 saturated carbocycles. The van der Waals surface area contributed by atoms with Crippen molar-refractivity contribution in [3.63, 3.8) is 0 Å². The predicted molar refractivity (Wildman–Crippen MR) is 90.6 cm³/mol. The third-order valence-corrected chi connectivity index (χ3v) is 4.85. The summed E-state index contributed by atoms with van der Waals surface area (Å²) in [5.74, 6) is -0.000437. The first kappa shape index (κ1) is 15.1. The van der Waals surface area contributed by atoms with E-state index < -0.39 is 0 Å². The Balaban J connectivity index is 1.74. The zero-order valence-electron chi connectivity index (χ0n) is 12.9. The van der Waals surface area contributed by atoms with Crippen LogP contribution in [0.2, 0.25) is 5.02 Å². The molecule has 3 heteroatoms. The van der Waals surface area contributed by atoms with E-state index in [4.69, 9.17) is 11.6 Å². The molecule has 0 spiro atoms. The van der Waals surface area contributed by atoms with Gasteiger partial charge in [0.1, 0.15) is 0 Å². The summed E-state index contributed by atoms with van der Waals surface area (Å²) in [5.41, 5.74) is 4.03. The van der Waals surface area contributed by atoms with Gasteiger partial charge < -0.3 is 5.32 Å². The van der Waals surface area contributed by atoms with E-state index in [1.807, 2.05) is 50.2 Å². The molecule has 0 atom stereocenters. The van der Waals surface area contributed by atoms with E-state index in [2.05, 4.69) is 11.4 Å². The monoisotopic (exact) mass is 313 g/mol. The maximum atomic E-state index is 12.5. The highest BCUT2D eigenvalue weighted by molar-refractivity contribution is 6.31. The van der Waals surface area contributed by atoms with Gasteiger partial charge in [0.05, 0.1) is 0 Å². The summed E-state index contributed by atoms with van der Waals surface area (Å²) in [6, 6.07) is 13.9. The molecule has 0 heterocycles. The molecule has 2 aromatic rings. The summed E-state index contributed by atoms with van der Waals surface area (Å²) in [6.45, 7) is 4.61. The lowest BCUT2D eigenvalue weighted by atomic mass is 9.95. The Hall–Kier alpha value is -1.80. The molecule has 2 nitrogen and oxygen atoms in total. The standard InChI is InChI=1S/C19H20ClNO/c1-13-7-8-14(2)15(11-13)18(22)21-12-19(9-10-19)16-5-3-4-6-17(16)20/h3-8,11H,9-10,12H2,1-2H3,(H,21,22). The Morgan fingerprint density at radius 3 is 2.59 bits per heavy atom. The summed E-state index contributed by atoms with van der Waals surface area (Å²) in [4.78, 5) is 12.5. The van der Waals surface area contributed by atoms with Crippen molar-refractivity contribution in [1.29, 1.82) is 0 Å². The van der Waals surface area contributed by atoms with Crippen LogP contribution in [0.1, 0.15) is 39.9 Å². The molecule has 0 unspecified atom stereocenters. The third-order valence-electron chi connectivity index (χ3n) is 4.52. The first-order valence-corrected chi connectivity index (χ1v) is 8.00. The number of carbonyl (C=O) groups is 1. The van der Waals surface area contributed by atoms with E-state index in [-0.39, 0.29) is 11.3 Å². The smallest absolute Gasteiger partial charge is 0.251 e. The highest BCUT2D eigenvalue weighted by atomic mass is 35.5. The lowest BCUT2D eigenvalue weighted by Crippen LogP contribution is -2.32. The quantitative estimate of drug-likeness (QED) is 0.889. The van der Waals surface area contributed by atoms with Crippen LogP contribution in [-0.4, -0.2) is 12.5 Å². The first-order chi connectivity index (χ1) is 10.5. The van der Waals surface area contributed by atoms with Crippen molar-refractivity contribution in [2.75, 3.05) is 6.54 Å². The number of carbonyl (C=O) groups excluding carboxylic acids is 1. The molecule has 114 valence electrons. The van der Waals surface area contributed by atoms with Crippen LogP contribution in [0, 0.1) is 13.8 Å². The van der Waals surface area contributed by atoms with Crippen LogP contribution < -0.4 is 5.32 Å². The van der Waals surface area contributed by atoms with E-state index in [1.165, 1.54) is 0 Å². The summed E-state index contributed by atoms with van der Waals surface area (Å²) < 4.78 is 0. The highest BCUT2D eigenvalue weighted by Gasteiger charge is 2.45. The van der Waals surface area contributed by atoms with Gasteiger partial charge in [-0.2, -0.15) is 0 Å². The number of halogens is 1. The van der Waals surface area contributed by atoms with E-state index in [0.29, 0.717) is 6.54 Å². The van der Waals surface area contributed by atoms with Gasteiger partial charge in [-0.1, -0.05) is 47.5 Å². The Morgan fingerprint density at radius 1 is 1.18 bits per heavy atom. The molecule has 22 heavy (non-hydrogen) atoms. The molecule has 0 aromatic heterocycles. The van der Waals surface area contributed by atoms with Gasteiger partial charge in [0, 0.05) is 22.5 Å². The maximum Gasteiger partial charge on any atom is 0.251 e. The molecule has 1 aliphatic carbocycles. The zero-order valence-corrected chi connectivity index (χ0v) is 13.7. The Morgan fingerprint density at radius 2 is 1.91 bits per heavy atom. The number of hydrogen-bond acceptors (Lipinski definition) is 1. The topological polar surface area (TPSA) is 29.1 Å². The molecule has 1 amide bonds. The van der Waals surface area contributed by atoms with Crippen molar-refractivity contribution in [2.24, 2.45) is 0 Å². The Bertz CT molecular complexity index is 719. The average molecular weight is 314 g/mol. The molecule has 0 aliphatic heterocycles. The number of benzene rings is 2. The van der Waals surface area contributed by atoms with Gasteiger partial charge >= 0.3 is 0 Å². The van der Waals surface area contributed by atoms with Crippen molar-refractivity contribution in [2.45, 2.75) is 32.1 Å². The van der Waals surface area contributed by atoms with Crippen molar-refractivity contribution in [1.82, 2.24) is 5.32 Å². The van der Waals surface area contributed by atoms with Crippen LogP contribution in [0.25, 0.3) is 0 Å². The van der Waals surface area contributed by atoms with Gasteiger partial charge in [0.15, 0.2) is 0 Å². The molecule has 1 fully saturated rings. The zero-order chi connectivity index (χ0) is 15.7. The van der Waals surface area contributed by atoms with Gasteiger partial charge in [-0.05, 0) is 49.9 Å². The molecular formula is C19H20ClNO. The van der Waals surface area contributed by atoms with Crippen molar-refractivity contribution in [3.8, 4) is 0 Å². The second-order valence-corrected chi connectivity index (χ2v) is 6.67. The number of rotatable bonds is 4. The van der Waals surface area contributed by atoms with Gasteiger partial charge in [0.25, 0.3) is 5.91 Å². The molecule has 1 aliphatic rings. The van der Waals surface area contributed by atoms with Crippen molar-refractivity contribution >= 4 is 17.5 Å². The summed E-state index contributed by atoms with van der Waals surface area (Å²) in [6.07, 6.45) is 2.15. The molecule has 3 rings (SSSR count). The van der Waals surface area contributed by atoms with Crippen LogP contribution in [0.3, 0.4) is 0 Å².